The molecule has 0 saturated heterocycles. The number of pyridine rings is 2. The van der Waals surface area contributed by atoms with E-state index in [0.29, 0.717) is 17.4 Å². The summed E-state index contributed by atoms with van der Waals surface area (Å²) >= 11 is 4.87. The van der Waals surface area contributed by atoms with Crippen LogP contribution in [0.15, 0.2) is 36.7 Å². The van der Waals surface area contributed by atoms with Crippen molar-refractivity contribution in [2.75, 3.05) is 12.4 Å². The molecular formula is C13H14N4OS. The molecule has 0 fully saturated rings. The molecule has 0 amide bonds. The summed E-state index contributed by atoms with van der Waals surface area (Å²) in [6.45, 7) is 0.637. The van der Waals surface area contributed by atoms with Gasteiger partial charge >= 0.3 is 0 Å². The molecule has 0 aromatic carbocycles. The number of aromatic nitrogens is 2. The second-order valence-electron chi connectivity index (χ2n) is 3.86. The number of rotatable bonds is 5. The molecule has 0 aliphatic heterocycles. The highest BCUT2D eigenvalue weighted by Crippen LogP contribution is 2.11. The molecular weight excluding hydrogens is 260 g/mol. The smallest absolute Gasteiger partial charge is 0.213 e. The van der Waals surface area contributed by atoms with Crippen LogP contribution in [-0.2, 0) is 6.54 Å². The molecule has 2 rings (SSSR count). The topological polar surface area (TPSA) is 73.1 Å². The number of hydrogen-bond acceptors (Lipinski definition) is 5. The Morgan fingerprint density at radius 3 is 2.84 bits per heavy atom. The Morgan fingerprint density at radius 1 is 1.37 bits per heavy atom. The van der Waals surface area contributed by atoms with Crippen molar-refractivity contribution in [3.63, 3.8) is 0 Å². The molecule has 0 aliphatic rings. The standard InChI is InChI=1S/C13H14N4OS/c1-18-12-6-9(4-5-15-12)7-16-11-3-2-10(8-17-11)13(14)19/h2-6,8H,7H2,1H3,(H2,14,19)(H,16,17). The van der Waals surface area contributed by atoms with E-state index in [1.165, 1.54) is 0 Å². The minimum Gasteiger partial charge on any atom is -0.481 e. The molecule has 5 nitrogen and oxygen atoms in total. The highest BCUT2D eigenvalue weighted by atomic mass is 32.1. The summed E-state index contributed by atoms with van der Waals surface area (Å²) in [5.41, 5.74) is 7.33. The normalized spacial score (nSPS) is 9.95. The van der Waals surface area contributed by atoms with Crippen LogP contribution in [0.4, 0.5) is 5.82 Å². The molecule has 0 unspecified atom stereocenters. The molecule has 6 heteroatoms. The predicted molar refractivity (Wildman–Crippen MR) is 78.2 cm³/mol. The number of nitrogens with one attached hydrogen (secondary N) is 1. The summed E-state index contributed by atoms with van der Waals surface area (Å²) in [4.78, 5) is 8.63. The molecule has 98 valence electrons. The second kappa shape index (κ2) is 6.10. The minimum absolute atomic E-state index is 0.345. The number of anilines is 1. The lowest BCUT2D eigenvalue weighted by atomic mass is 10.2. The Hall–Kier alpha value is -2.21. The summed E-state index contributed by atoms with van der Waals surface area (Å²) in [5, 5.41) is 3.20. The Bertz CT molecular complexity index is 571. The molecule has 0 atom stereocenters. The number of ether oxygens (including phenoxy) is 1. The highest BCUT2D eigenvalue weighted by molar-refractivity contribution is 7.80. The lowest BCUT2D eigenvalue weighted by Gasteiger charge is -2.07. The van der Waals surface area contributed by atoms with Crippen LogP contribution < -0.4 is 15.8 Å². The van der Waals surface area contributed by atoms with Crippen LogP contribution in [-0.4, -0.2) is 22.1 Å². The lowest BCUT2D eigenvalue weighted by molar-refractivity contribution is 0.397. The van der Waals surface area contributed by atoms with E-state index >= 15 is 0 Å². The van der Waals surface area contributed by atoms with E-state index in [2.05, 4.69) is 15.3 Å². The van der Waals surface area contributed by atoms with E-state index in [-0.39, 0.29) is 0 Å². The van der Waals surface area contributed by atoms with Crippen LogP contribution in [0.2, 0.25) is 0 Å². The minimum atomic E-state index is 0.345. The average molecular weight is 274 g/mol. The first-order valence-electron chi connectivity index (χ1n) is 5.67. The van der Waals surface area contributed by atoms with Crippen LogP contribution in [0, 0.1) is 0 Å². The van der Waals surface area contributed by atoms with Crippen molar-refractivity contribution in [1.82, 2.24) is 9.97 Å². The zero-order valence-electron chi connectivity index (χ0n) is 10.5. The molecule has 0 aliphatic carbocycles. The van der Waals surface area contributed by atoms with Gasteiger partial charge in [-0.05, 0) is 23.8 Å². The largest absolute Gasteiger partial charge is 0.481 e. The Balaban J connectivity index is 1.99. The van der Waals surface area contributed by atoms with Gasteiger partial charge in [0.2, 0.25) is 5.88 Å². The summed E-state index contributed by atoms with van der Waals surface area (Å²) in [6.07, 6.45) is 3.36. The van der Waals surface area contributed by atoms with Crippen LogP contribution >= 0.6 is 12.2 Å². The number of thiocarbonyl (C=S) groups is 1. The van der Waals surface area contributed by atoms with E-state index in [1.54, 1.807) is 19.5 Å². The van der Waals surface area contributed by atoms with Crippen molar-refractivity contribution in [2.24, 2.45) is 5.73 Å². The van der Waals surface area contributed by atoms with Gasteiger partial charge in [0.15, 0.2) is 0 Å². The molecule has 19 heavy (non-hydrogen) atoms. The molecule has 2 aromatic rings. The fourth-order valence-electron chi connectivity index (χ4n) is 1.51. The van der Waals surface area contributed by atoms with Gasteiger partial charge in [0.25, 0.3) is 0 Å². The van der Waals surface area contributed by atoms with E-state index < -0.39 is 0 Å². The third kappa shape index (κ3) is 3.62. The van der Waals surface area contributed by atoms with E-state index in [1.807, 2.05) is 24.3 Å². The van der Waals surface area contributed by atoms with Crippen molar-refractivity contribution in [1.29, 1.82) is 0 Å². The van der Waals surface area contributed by atoms with Crippen LogP contribution in [0.1, 0.15) is 11.1 Å². The van der Waals surface area contributed by atoms with E-state index in [0.717, 1.165) is 16.9 Å². The fourth-order valence-corrected chi connectivity index (χ4v) is 1.63. The van der Waals surface area contributed by atoms with Crippen LogP contribution in [0.5, 0.6) is 5.88 Å². The Kier molecular flexibility index (Phi) is 4.25. The van der Waals surface area contributed by atoms with Crippen molar-refractivity contribution >= 4 is 23.0 Å². The SMILES string of the molecule is COc1cc(CNc2ccc(C(N)=S)cn2)ccn1. The van der Waals surface area contributed by atoms with Crippen LogP contribution in [0.25, 0.3) is 0 Å². The third-order valence-electron chi connectivity index (χ3n) is 2.53. The highest BCUT2D eigenvalue weighted by Gasteiger charge is 2.00. The average Bonchev–Trinajstić information content (AvgIpc) is 2.46. The maximum atomic E-state index is 5.51. The summed E-state index contributed by atoms with van der Waals surface area (Å²) in [7, 11) is 1.59. The van der Waals surface area contributed by atoms with Gasteiger partial charge in [0.1, 0.15) is 10.8 Å². The van der Waals surface area contributed by atoms with Crippen LogP contribution in [0.3, 0.4) is 0 Å². The number of nitrogens with zero attached hydrogens (tertiary/aromatic N) is 2. The zero-order valence-corrected chi connectivity index (χ0v) is 11.3. The van der Waals surface area contributed by atoms with Crippen molar-refractivity contribution in [3.8, 4) is 5.88 Å². The Morgan fingerprint density at radius 2 is 2.21 bits per heavy atom. The van der Waals surface area contributed by atoms with Gasteiger partial charge in [-0.1, -0.05) is 12.2 Å². The number of nitrogens with two attached hydrogens (primary N) is 1. The van der Waals surface area contributed by atoms with Crippen molar-refractivity contribution in [3.05, 3.63) is 47.8 Å². The summed E-state index contributed by atoms with van der Waals surface area (Å²) in [5.74, 6) is 1.35. The van der Waals surface area contributed by atoms with E-state index in [4.69, 9.17) is 22.7 Å². The lowest BCUT2D eigenvalue weighted by Crippen LogP contribution is -2.10. The number of methoxy groups -OCH3 is 1. The first-order valence-corrected chi connectivity index (χ1v) is 6.08. The summed E-state index contributed by atoms with van der Waals surface area (Å²) < 4.78 is 5.07. The van der Waals surface area contributed by atoms with Gasteiger partial charge in [-0.25, -0.2) is 9.97 Å². The van der Waals surface area contributed by atoms with E-state index in [9.17, 15) is 0 Å². The molecule has 0 radical (unpaired) electrons. The zero-order chi connectivity index (χ0) is 13.7. The van der Waals surface area contributed by atoms with Crippen molar-refractivity contribution in [2.45, 2.75) is 6.54 Å². The second-order valence-corrected chi connectivity index (χ2v) is 4.30. The first-order chi connectivity index (χ1) is 9.19. The van der Waals surface area contributed by atoms with Gasteiger partial charge in [0, 0.05) is 30.6 Å². The molecule has 2 heterocycles. The molecule has 0 saturated carbocycles. The monoisotopic (exact) mass is 274 g/mol. The molecule has 0 bridgehead atoms. The third-order valence-corrected chi connectivity index (χ3v) is 2.77. The Labute approximate surface area is 116 Å². The number of hydrogen-bond donors (Lipinski definition) is 2. The van der Waals surface area contributed by atoms with Crippen molar-refractivity contribution < 1.29 is 4.74 Å². The molecule has 2 aromatic heterocycles. The maximum Gasteiger partial charge on any atom is 0.213 e. The summed E-state index contributed by atoms with van der Waals surface area (Å²) in [6, 6.07) is 7.47. The molecule has 3 N–H and O–H groups in total. The van der Waals surface area contributed by atoms with Gasteiger partial charge < -0.3 is 15.8 Å². The maximum absolute atomic E-state index is 5.51. The van der Waals surface area contributed by atoms with Gasteiger partial charge in [-0.3, -0.25) is 0 Å². The van der Waals surface area contributed by atoms with Gasteiger partial charge in [-0.2, -0.15) is 0 Å². The first kappa shape index (κ1) is 13.2. The fraction of sp³-hybridized carbons (Fsp3) is 0.154. The van der Waals surface area contributed by atoms with Gasteiger partial charge in [-0.15, -0.1) is 0 Å². The van der Waals surface area contributed by atoms with Gasteiger partial charge in [0.05, 0.1) is 7.11 Å². The molecule has 0 spiro atoms. The quantitative estimate of drug-likeness (QED) is 0.809. The predicted octanol–water partition coefficient (Wildman–Crippen LogP) is 1.73.